The zero-order valence-electron chi connectivity index (χ0n) is 10.9. The molecule has 16 heavy (non-hydrogen) atoms. The quantitative estimate of drug-likeness (QED) is 0.766. The normalized spacial score (nSPS) is 12.8. The SMILES string of the molecule is CCCNC(C)c1cccc(NC(C)C)c1. The average molecular weight is 220 g/mol. The second-order valence-electron chi connectivity index (χ2n) is 4.60. The van der Waals surface area contributed by atoms with Crippen molar-refractivity contribution in [3.8, 4) is 0 Å². The Morgan fingerprint density at radius 2 is 1.94 bits per heavy atom. The number of hydrogen-bond acceptors (Lipinski definition) is 2. The van der Waals surface area contributed by atoms with E-state index in [9.17, 15) is 0 Å². The van der Waals surface area contributed by atoms with Gasteiger partial charge in [0.2, 0.25) is 0 Å². The minimum Gasteiger partial charge on any atom is -0.383 e. The predicted octanol–water partition coefficient (Wildman–Crippen LogP) is 3.57. The van der Waals surface area contributed by atoms with Crippen molar-refractivity contribution in [2.45, 2.75) is 46.2 Å². The summed E-state index contributed by atoms with van der Waals surface area (Å²) >= 11 is 0. The van der Waals surface area contributed by atoms with E-state index in [1.807, 2.05) is 0 Å². The molecule has 0 aliphatic carbocycles. The largest absolute Gasteiger partial charge is 0.383 e. The molecule has 0 aromatic heterocycles. The fourth-order valence-corrected chi connectivity index (χ4v) is 1.71. The van der Waals surface area contributed by atoms with E-state index in [0.717, 1.165) is 6.54 Å². The lowest BCUT2D eigenvalue weighted by molar-refractivity contribution is 0.571. The second kappa shape index (κ2) is 6.54. The van der Waals surface area contributed by atoms with Gasteiger partial charge in [-0.05, 0) is 51.4 Å². The van der Waals surface area contributed by atoms with Gasteiger partial charge in [0.25, 0.3) is 0 Å². The molecule has 2 nitrogen and oxygen atoms in total. The first-order valence-corrected chi connectivity index (χ1v) is 6.23. The highest BCUT2D eigenvalue weighted by Gasteiger charge is 2.04. The highest BCUT2D eigenvalue weighted by Crippen LogP contribution is 2.17. The van der Waals surface area contributed by atoms with Gasteiger partial charge in [0, 0.05) is 17.8 Å². The van der Waals surface area contributed by atoms with Crippen LogP contribution < -0.4 is 10.6 Å². The molecule has 0 radical (unpaired) electrons. The van der Waals surface area contributed by atoms with Crippen molar-refractivity contribution in [1.29, 1.82) is 0 Å². The van der Waals surface area contributed by atoms with E-state index in [0.29, 0.717) is 12.1 Å². The number of hydrogen-bond donors (Lipinski definition) is 2. The smallest absolute Gasteiger partial charge is 0.0345 e. The summed E-state index contributed by atoms with van der Waals surface area (Å²) in [7, 11) is 0. The van der Waals surface area contributed by atoms with Crippen molar-refractivity contribution >= 4 is 5.69 Å². The molecule has 1 aromatic rings. The van der Waals surface area contributed by atoms with E-state index in [2.05, 4.69) is 62.6 Å². The Morgan fingerprint density at radius 3 is 2.56 bits per heavy atom. The van der Waals surface area contributed by atoms with E-state index < -0.39 is 0 Å². The van der Waals surface area contributed by atoms with Gasteiger partial charge in [0.05, 0.1) is 0 Å². The van der Waals surface area contributed by atoms with E-state index in [-0.39, 0.29) is 0 Å². The fraction of sp³-hybridized carbons (Fsp3) is 0.571. The number of rotatable bonds is 6. The maximum Gasteiger partial charge on any atom is 0.0345 e. The molecule has 0 saturated carbocycles. The van der Waals surface area contributed by atoms with Gasteiger partial charge in [0.1, 0.15) is 0 Å². The van der Waals surface area contributed by atoms with Crippen LogP contribution in [0.25, 0.3) is 0 Å². The summed E-state index contributed by atoms with van der Waals surface area (Å²) in [5.41, 5.74) is 2.55. The third-order valence-corrected chi connectivity index (χ3v) is 2.54. The van der Waals surface area contributed by atoms with Crippen LogP contribution in [0.5, 0.6) is 0 Å². The van der Waals surface area contributed by atoms with Gasteiger partial charge in [-0.1, -0.05) is 19.1 Å². The first-order chi connectivity index (χ1) is 7.63. The minimum atomic E-state index is 0.425. The van der Waals surface area contributed by atoms with Crippen LogP contribution in [-0.2, 0) is 0 Å². The lowest BCUT2D eigenvalue weighted by atomic mass is 10.1. The summed E-state index contributed by atoms with van der Waals surface area (Å²) in [5.74, 6) is 0. The first-order valence-electron chi connectivity index (χ1n) is 6.23. The first kappa shape index (κ1) is 13.0. The molecule has 0 aliphatic rings. The van der Waals surface area contributed by atoms with Crippen molar-refractivity contribution in [3.05, 3.63) is 29.8 Å². The summed E-state index contributed by atoms with van der Waals surface area (Å²) in [5, 5.41) is 6.93. The molecule has 90 valence electrons. The molecular weight excluding hydrogens is 196 g/mol. The molecule has 0 saturated heterocycles. The Labute approximate surface area is 99.5 Å². The molecule has 2 N–H and O–H groups in total. The minimum absolute atomic E-state index is 0.425. The number of benzene rings is 1. The van der Waals surface area contributed by atoms with Crippen molar-refractivity contribution in [2.24, 2.45) is 0 Å². The molecule has 0 aliphatic heterocycles. The Morgan fingerprint density at radius 1 is 1.19 bits per heavy atom. The highest BCUT2D eigenvalue weighted by molar-refractivity contribution is 5.46. The van der Waals surface area contributed by atoms with E-state index in [1.54, 1.807) is 0 Å². The van der Waals surface area contributed by atoms with E-state index >= 15 is 0 Å². The molecule has 0 fully saturated rings. The molecule has 2 heteroatoms. The van der Waals surface area contributed by atoms with Crippen LogP contribution in [0.3, 0.4) is 0 Å². The summed E-state index contributed by atoms with van der Waals surface area (Å²) in [6, 6.07) is 9.55. The van der Waals surface area contributed by atoms with E-state index in [1.165, 1.54) is 17.7 Å². The molecule has 0 heterocycles. The van der Waals surface area contributed by atoms with Gasteiger partial charge in [0.15, 0.2) is 0 Å². The molecule has 1 atom stereocenters. The molecule has 0 bridgehead atoms. The lowest BCUT2D eigenvalue weighted by Gasteiger charge is -2.16. The van der Waals surface area contributed by atoms with Gasteiger partial charge < -0.3 is 10.6 Å². The van der Waals surface area contributed by atoms with Crippen LogP contribution in [0, 0.1) is 0 Å². The average Bonchev–Trinajstić information content (AvgIpc) is 2.25. The van der Waals surface area contributed by atoms with Gasteiger partial charge in [-0.2, -0.15) is 0 Å². The van der Waals surface area contributed by atoms with E-state index in [4.69, 9.17) is 0 Å². The molecule has 0 spiro atoms. The van der Waals surface area contributed by atoms with Gasteiger partial charge in [-0.25, -0.2) is 0 Å². The summed E-state index contributed by atoms with van der Waals surface area (Å²) in [6.45, 7) is 9.79. The second-order valence-corrected chi connectivity index (χ2v) is 4.60. The fourth-order valence-electron chi connectivity index (χ4n) is 1.71. The Balaban J connectivity index is 2.65. The van der Waals surface area contributed by atoms with Crippen molar-refractivity contribution < 1.29 is 0 Å². The van der Waals surface area contributed by atoms with Gasteiger partial charge >= 0.3 is 0 Å². The zero-order valence-corrected chi connectivity index (χ0v) is 10.9. The third kappa shape index (κ3) is 4.23. The van der Waals surface area contributed by atoms with Crippen molar-refractivity contribution in [1.82, 2.24) is 5.32 Å². The van der Waals surface area contributed by atoms with Crippen LogP contribution in [-0.4, -0.2) is 12.6 Å². The molecule has 1 aromatic carbocycles. The Kier molecular flexibility index (Phi) is 5.33. The third-order valence-electron chi connectivity index (χ3n) is 2.54. The molecule has 0 amide bonds. The molecule has 1 unspecified atom stereocenters. The topological polar surface area (TPSA) is 24.1 Å². The summed E-state index contributed by atoms with van der Waals surface area (Å²) < 4.78 is 0. The molecular formula is C14H24N2. The van der Waals surface area contributed by atoms with Crippen LogP contribution in [0.4, 0.5) is 5.69 Å². The lowest BCUT2D eigenvalue weighted by Crippen LogP contribution is -2.19. The number of anilines is 1. The van der Waals surface area contributed by atoms with Crippen LogP contribution in [0.2, 0.25) is 0 Å². The predicted molar refractivity (Wildman–Crippen MR) is 71.9 cm³/mol. The number of nitrogens with one attached hydrogen (secondary N) is 2. The monoisotopic (exact) mass is 220 g/mol. The van der Waals surface area contributed by atoms with Crippen molar-refractivity contribution in [3.63, 3.8) is 0 Å². The van der Waals surface area contributed by atoms with Crippen LogP contribution in [0.15, 0.2) is 24.3 Å². The maximum absolute atomic E-state index is 3.50. The Hall–Kier alpha value is -1.02. The molecule has 1 rings (SSSR count). The Bertz CT molecular complexity index is 307. The van der Waals surface area contributed by atoms with Crippen molar-refractivity contribution in [2.75, 3.05) is 11.9 Å². The highest BCUT2D eigenvalue weighted by atomic mass is 14.9. The standard InChI is InChI=1S/C14H24N2/c1-5-9-15-12(4)13-7-6-8-14(10-13)16-11(2)3/h6-8,10-12,15-16H,5,9H2,1-4H3. The summed E-state index contributed by atoms with van der Waals surface area (Å²) in [4.78, 5) is 0. The summed E-state index contributed by atoms with van der Waals surface area (Å²) in [6.07, 6.45) is 1.17. The van der Waals surface area contributed by atoms with Crippen LogP contribution in [0.1, 0.15) is 45.7 Å². The van der Waals surface area contributed by atoms with Crippen LogP contribution >= 0.6 is 0 Å². The zero-order chi connectivity index (χ0) is 12.0. The van der Waals surface area contributed by atoms with Gasteiger partial charge in [-0.15, -0.1) is 0 Å². The van der Waals surface area contributed by atoms with Gasteiger partial charge in [-0.3, -0.25) is 0 Å². The maximum atomic E-state index is 3.50.